The van der Waals surface area contributed by atoms with Crippen LogP contribution in [0.15, 0.2) is 35.0 Å². The van der Waals surface area contributed by atoms with E-state index >= 15 is 0 Å². The molecule has 0 N–H and O–H groups in total. The molecule has 13 heteroatoms. The van der Waals surface area contributed by atoms with Gasteiger partial charge in [-0.3, -0.25) is 4.79 Å². The fourth-order valence-electron chi connectivity index (χ4n) is 2.77. The fourth-order valence-corrected chi connectivity index (χ4v) is 2.77. The van der Waals surface area contributed by atoms with Crippen LogP contribution in [0.5, 0.6) is 0 Å². The van der Waals surface area contributed by atoms with Crippen LogP contribution >= 0.6 is 0 Å². The second kappa shape index (κ2) is 8.04. The molecule has 1 aromatic carbocycles. The average Bonchev–Trinajstić information content (AvgIpc) is 3.33. The van der Waals surface area contributed by atoms with Crippen molar-refractivity contribution in [3.63, 3.8) is 0 Å². The molecule has 166 valence electrons. The molecule has 0 radical (unpaired) electrons. The molecule has 2 heterocycles. The van der Waals surface area contributed by atoms with Gasteiger partial charge in [0, 0.05) is 13.5 Å². The summed E-state index contributed by atoms with van der Waals surface area (Å²) in [4.78, 5) is 17.6. The van der Waals surface area contributed by atoms with Crippen molar-refractivity contribution in [2.75, 3.05) is 7.05 Å². The van der Waals surface area contributed by atoms with E-state index in [1.54, 1.807) is 6.92 Å². The molecule has 0 unspecified atom stereocenters. The number of hydrogen-bond acceptors (Lipinski definition) is 5. The van der Waals surface area contributed by atoms with Crippen LogP contribution in [0.3, 0.4) is 0 Å². The van der Waals surface area contributed by atoms with E-state index in [9.17, 15) is 31.1 Å². The Kier molecular flexibility index (Phi) is 5.79. The van der Waals surface area contributed by atoms with E-state index in [0.717, 1.165) is 23.1 Å². The van der Waals surface area contributed by atoms with Crippen LogP contribution in [0.25, 0.3) is 5.69 Å². The van der Waals surface area contributed by atoms with Gasteiger partial charge in [0.05, 0.1) is 29.6 Å². The average molecular weight is 447 g/mol. The predicted octanol–water partition coefficient (Wildman–Crippen LogP) is 4.13. The van der Waals surface area contributed by atoms with Crippen LogP contribution in [-0.4, -0.2) is 37.8 Å². The molecule has 0 saturated carbocycles. The number of benzene rings is 1. The highest BCUT2D eigenvalue weighted by molar-refractivity contribution is 5.95. The van der Waals surface area contributed by atoms with Gasteiger partial charge in [-0.15, -0.1) is 0 Å². The number of aromatic nitrogens is 4. The molecular weight excluding hydrogens is 432 g/mol. The lowest BCUT2D eigenvalue weighted by Gasteiger charge is -2.17. The molecule has 2 aromatic heterocycles. The molecule has 3 aromatic rings. The molecule has 0 fully saturated rings. The van der Waals surface area contributed by atoms with Gasteiger partial charge in [-0.05, 0) is 18.2 Å². The number of hydrogen-bond donors (Lipinski definition) is 0. The summed E-state index contributed by atoms with van der Waals surface area (Å²) in [5.74, 6) is -0.683. The van der Waals surface area contributed by atoms with Crippen LogP contribution < -0.4 is 0 Å². The van der Waals surface area contributed by atoms with Crippen molar-refractivity contribution < 1.29 is 35.7 Å². The maximum atomic E-state index is 13.8. The second-order valence-corrected chi connectivity index (χ2v) is 6.48. The Bertz CT molecular complexity index is 1090. The number of amides is 1. The molecule has 7 nitrogen and oxygen atoms in total. The summed E-state index contributed by atoms with van der Waals surface area (Å²) in [6.45, 7) is 1.50. The highest BCUT2D eigenvalue weighted by Crippen LogP contribution is 2.36. The number of alkyl halides is 6. The predicted molar refractivity (Wildman–Crippen MR) is 93.0 cm³/mol. The van der Waals surface area contributed by atoms with Crippen LogP contribution in [0.1, 0.15) is 40.3 Å². The Morgan fingerprint density at radius 2 is 1.87 bits per heavy atom. The molecule has 3 rings (SSSR count). The Hall–Kier alpha value is -3.38. The minimum absolute atomic E-state index is 0.0199. The molecule has 0 saturated heterocycles. The topological polar surface area (TPSA) is 77.0 Å². The number of aryl methyl sites for hydroxylation is 1. The van der Waals surface area contributed by atoms with Crippen molar-refractivity contribution in [3.05, 3.63) is 59.0 Å². The molecule has 1 amide bonds. The lowest BCUT2D eigenvalue weighted by molar-refractivity contribution is -0.143. The van der Waals surface area contributed by atoms with Gasteiger partial charge in [-0.25, -0.2) is 4.68 Å². The standard InChI is InChI=1S/C18H15F6N5O2/c1-3-13-26-14(31-27-13)9-28(2)16(30)12-8-25-29(15(12)18(22,23)24)11-6-4-5-10(7-11)17(19,20)21/h4-8H,3,9H2,1-2H3. The van der Waals surface area contributed by atoms with Crippen LogP contribution in [-0.2, 0) is 25.3 Å². The molecule has 0 aliphatic carbocycles. The van der Waals surface area contributed by atoms with Crippen molar-refractivity contribution in [1.29, 1.82) is 0 Å². The summed E-state index contributed by atoms with van der Waals surface area (Å²) in [5.41, 5.74) is -3.97. The van der Waals surface area contributed by atoms with Crippen molar-refractivity contribution in [1.82, 2.24) is 24.8 Å². The molecular formula is C18H15F6N5O2. The fraction of sp³-hybridized carbons (Fsp3) is 0.333. The van der Waals surface area contributed by atoms with Crippen molar-refractivity contribution >= 4 is 5.91 Å². The molecule has 0 atom stereocenters. The van der Waals surface area contributed by atoms with E-state index in [0.29, 0.717) is 24.5 Å². The number of carbonyl (C=O) groups excluding carboxylic acids is 1. The number of rotatable bonds is 5. The van der Waals surface area contributed by atoms with Gasteiger partial charge in [-0.2, -0.15) is 36.4 Å². The highest BCUT2D eigenvalue weighted by Gasteiger charge is 2.41. The molecule has 0 bridgehead atoms. The number of carbonyl (C=O) groups is 1. The quantitative estimate of drug-likeness (QED) is 0.550. The normalized spacial score (nSPS) is 12.3. The first-order valence-electron chi connectivity index (χ1n) is 8.81. The Labute approximate surface area is 171 Å². The lowest BCUT2D eigenvalue weighted by Crippen LogP contribution is -2.29. The number of halogens is 6. The molecule has 0 aliphatic rings. The van der Waals surface area contributed by atoms with E-state index in [1.807, 2.05) is 0 Å². The second-order valence-electron chi connectivity index (χ2n) is 6.48. The Morgan fingerprint density at radius 1 is 1.16 bits per heavy atom. The monoisotopic (exact) mass is 447 g/mol. The van der Waals surface area contributed by atoms with Crippen LogP contribution in [0.4, 0.5) is 26.3 Å². The molecule has 0 aliphatic heterocycles. The first-order chi connectivity index (χ1) is 14.4. The maximum Gasteiger partial charge on any atom is 0.434 e. The SMILES string of the molecule is CCc1noc(CN(C)C(=O)c2cnn(-c3cccc(C(F)(F)F)c3)c2C(F)(F)F)n1. The van der Waals surface area contributed by atoms with Crippen molar-refractivity contribution in [2.24, 2.45) is 0 Å². The molecule has 0 spiro atoms. The lowest BCUT2D eigenvalue weighted by atomic mass is 10.1. The first-order valence-corrected chi connectivity index (χ1v) is 8.81. The van der Waals surface area contributed by atoms with Gasteiger partial charge in [0.15, 0.2) is 11.5 Å². The van der Waals surface area contributed by atoms with Crippen LogP contribution in [0.2, 0.25) is 0 Å². The van der Waals surface area contributed by atoms with E-state index < -0.39 is 40.8 Å². The van der Waals surface area contributed by atoms with E-state index in [2.05, 4.69) is 15.2 Å². The largest absolute Gasteiger partial charge is 0.434 e. The van der Waals surface area contributed by atoms with Gasteiger partial charge < -0.3 is 9.42 Å². The summed E-state index contributed by atoms with van der Waals surface area (Å²) < 4.78 is 85.4. The van der Waals surface area contributed by atoms with Gasteiger partial charge in [-0.1, -0.05) is 18.1 Å². The summed E-state index contributed by atoms with van der Waals surface area (Å²) in [7, 11) is 1.22. The zero-order chi connectivity index (χ0) is 23.0. The van der Waals surface area contributed by atoms with E-state index in [-0.39, 0.29) is 17.1 Å². The zero-order valence-corrected chi connectivity index (χ0v) is 16.1. The highest BCUT2D eigenvalue weighted by atomic mass is 19.4. The molecule has 31 heavy (non-hydrogen) atoms. The third-order valence-electron chi connectivity index (χ3n) is 4.23. The summed E-state index contributed by atoms with van der Waals surface area (Å²) >= 11 is 0. The van der Waals surface area contributed by atoms with E-state index in [4.69, 9.17) is 4.52 Å². The third-order valence-corrected chi connectivity index (χ3v) is 4.23. The first kappa shape index (κ1) is 22.3. The Morgan fingerprint density at radius 3 is 2.45 bits per heavy atom. The number of nitrogens with zero attached hydrogens (tertiary/aromatic N) is 5. The van der Waals surface area contributed by atoms with Crippen molar-refractivity contribution in [3.8, 4) is 5.69 Å². The Balaban J connectivity index is 1.99. The summed E-state index contributed by atoms with van der Waals surface area (Å²) in [5, 5.41) is 7.17. The van der Waals surface area contributed by atoms with E-state index in [1.165, 1.54) is 7.05 Å². The van der Waals surface area contributed by atoms with Gasteiger partial charge in [0.25, 0.3) is 5.91 Å². The van der Waals surface area contributed by atoms with Crippen molar-refractivity contribution in [2.45, 2.75) is 32.2 Å². The smallest absolute Gasteiger partial charge is 0.337 e. The third kappa shape index (κ3) is 4.70. The van der Waals surface area contributed by atoms with Gasteiger partial charge >= 0.3 is 12.4 Å². The minimum atomic E-state index is -5.07. The van der Waals surface area contributed by atoms with Crippen LogP contribution in [0, 0.1) is 0 Å². The zero-order valence-electron chi connectivity index (χ0n) is 16.1. The maximum absolute atomic E-state index is 13.8. The van der Waals surface area contributed by atoms with Gasteiger partial charge in [0.2, 0.25) is 5.89 Å². The van der Waals surface area contributed by atoms with Gasteiger partial charge in [0.1, 0.15) is 0 Å². The minimum Gasteiger partial charge on any atom is -0.337 e. The summed E-state index contributed by atoms with van der Waals surface area (Å²) in [6, 6.07) is 3.22. The summed E-state index contributed by atoms with van der Waals surface area (Å²) in [6.07, 6.45) is -8.71.